The van der Waals surface area contributed by atoms with Crippen molar-refractivity contribution in [2.45, 2.75) is 26.2 Å². The average Bonchev–Trinajstić information content (AvgIpc) is 2.00. The Morgan fingerprint density at radius 3 is 2.42 bits per heavy atom. The Hall–Kier alpha value is -0.0800. The lowest BCUT2D eigenvalue weighted by atomic mass is 10.0. The third-order valence-electron chi connectivity index (χ3n) is 2.12. The molecule has 0 aliphatic rings. The molecule has 0 saturated heterocycles. The predicted molar refractivity (Wildman–Crippen MR) is 53.4 cm³/mol. The average molecular weight is 173 g/mol. The van der Waals surface area contributed by atoms with Crippen LogP contribution < -0.4 is 0 Å². The van der Waals surface area contributed by atoms with Crippen molar-refractivity contribution in [3.8, 4) is 0 Å². The van der Waals surface area contributed by atoms with Gasteiger partial charge in [-0.3, -0.25) is 0 Å². The Morgan fingerprint density at radius 2 is 1.92 bits per heavy atom. The monoisotopic (exact) mass is 173 g/mol. The van der Waals surface area contributed by atoms with E-state index in [9.17, 15) is 0 Å². The van der Waals surface area contributed by atoms with Crippen LogP contribution in [0.3, 0.4) is 0 Å². The third-order valence-corrected chi connectivity index (χ3v) is 2.12. The highest BCUT2D eigenvalue weighted by Crippen LogP contribution is 2.09. The molecule has 0 aliphatic heterocycles. The molecule has 0 unspecified atom stereocenters. The molecule has 0 amide bonds. The highest BCUT2D eigenvalue weighted by molar-refractivity contribution is 4.54. The first-order valence-corrected chi connectivity index (χ1v) is 4.80. The Labute approximate surface area is 76.9 Å². The quantitative estimate of drug-likeness (QED) is 0.584. The zero-order valence-corrected chi connectivity index (χ0v) is 8.97. The van der Waals surface area contributed by atoms with Gasteiger partial charge in [-0.15, -0.1) is 0 Å². The van der Waals surface area contributed by atoms with Crippen molar-refractivity contribution in [2.24, 2.45) is 5.92 Å². The van der Waals surface area contributed by atoms with Gasteiger partial charge in [0.15, 0.2) is 0 Å². The van der Waals surface area contributed by atoms with E-state index in [2.05, 4.69) is 25.9 Å². The Kier molecular flexibility index (Phi) is 7.51. The second kappa shape index (κ2) is 7.56. The van der Waals surface area contributed by atoms with Crippen molar-refractivity contribution in [3.05, 3.63) is 0 Å². The Morgan fingerprint density at radius 1 is 1.25 bits per heavy atom. The molecule has 74 valence electrons. The first kappa shape index (κ1) is 11.9. The van der Waals surface area contributed by atoms with Crippen LogP contribution in [0.5, 0.6) is 0 Å². The van der Waals surface area contributed by atoms with Gasteiger partial charge >= 0.3 is 0 Å². The summed E-state index contributed by atoms with van der Waals surface area (Å²) < 4.78 is 5.03. The van der Waals surface area contributed by atoms with Gasteiger partial charge in [0.2, 0.25) is 0 Å². The fourth-order valence-corrected chi connectivity index (χ4v) is 1.22. The summed E-state index contributed by atoms with van der Waals surface area (Å²) in [5.74, 6) is 0.810. The van der Waals surface area contributed by atoms with E-state index in [1.807, 2.05) is 0 Å². The molecule has 0 radical (unpaired) electrons. The smallest absolute Gasteiger partial charge is 0.0464 e. The van der Waals surface area contributed by atoms with Crippen LogP contribution in [0, 0.1) is 5.92 Å². The van der Waals surface area contributed by atoms with Crippen LogP contribution in [0.2, 0.25) is 0 Å². The molecule has 0 aromatic heterocycles. The Bertz CT molecular complexity index is 93.8. The van der Waals surface area contributed by atoms with Gasteiger partial charge in [-0.1, -0.05) is 6.92 Å². The van der Waals surface area contributed by atoms with Gasteiger partial charge in [0, 0.05) is 13.7 Å². The second-order valence-electron chi connectivity index (χ2n) is 3.83. The van der Waals surface area contributed by atoms with Gasteiger partial charge in [0.1, 0.15) is 0 Å². The predicted octanol–water partition coefficient (Wildman–Crippen LogP) is 2.00. The van der Waals surface area contributed by atoms with Crippen LogP contribution in [0.25, 0.3) is 0 Å². The largest absolute Gasteiger partial charge is 0.385 e. The van der Waals surface area contributed by atoms with E-state index in [-0.39, 0.29) is 0 Å². The van der Waals surface area contributed by atoms with Gasteiger partial charge in [-0.25, -0.2) is 0 Å². The number of nitrogens with zero attached hydrogens (tertiary/aromatic N) is 1. The summed E-state index contributed by atoms with van der Waals surface area (Å²) in [4.78, 5) is 2.24. The van der Waals surface area contributed by atoms with Gasteiger partial charge in [-0.2, -0.15) is 0 Å². The SMILES string of the molecule is COCC[C@@H](C)CCCN(C)C. The zero-order chi connectivity index (χ0) is 9.40. The van der Waals surface area contributed by atoms with Crippen LogP contribution in [-0.2, 0) is 4.74 Å². The summed E-state index contributed by atoms with van der Waals surface area (Å²) in [6.07, 6.45) is 3.82. The minimum absolute atomic E-state index is 0.810. The molecule has 12 heavy (non-hydrogen) atoms. The van der Waals surface area contributed by atoms with E-state index in [0.717, 1.165) is 12.5 Å². The van der Waals surface area contributed by atoms with Crippen molar-refractivity contribution in [1.82, 2.24) is 4.90 Å². The molecule has 0 aliphatic carbocycles. The molecule has 0 rings (SSSR count). The minimum atomic E-state index is 0.810. The number of hydrogen-bond donors (Lipinski definition) is 0. The van der Waals surface area contributed by atoms with Crippen LogP contribution in [0.4, 0.5) is 0 Å². The first-order chi connectivity index (χ1) is 5.66. The standard InChI is InChI=1S/C10H23NO/c1-10(7-9-12-4)6-5-8-11(2)3/h10H,5-9H2,1-4H3/t10-/m0/s1. The number of rotatable bonds is 7. The molecule has 0 aromatic rings. The third kappa shape index (κ3) is 8.02. The van der Waals surface area contributed by atoms with Crippen LogP contribution in [0.1, 0.15) is 26.2 Å². The van der Waals surface area contributed by atoms with E-state index in [1.165, 1.54) is 25.8 Å². The van der Waals surface area contributed by atoms with Crippen LogP contribution >= 0.6 is 0 Å². The molecule has 0 saturated carbocycles. The van der Waals surface area contributed by atoms with Crippen LogP contribution in [0.15, 0.2) is 0 Å². The summed E-state index contributed by atoms with van der Waals surface area (Å²) in [6.45, 7) is 4.41. The molecular weight excluding hydrogens is 150 g/mol. The molecule has 0 fully saturated rings. The summed E-state index contributed by atoms with van der Waals surface area (Å²) in [7, 11) is 6.02. The van der Waals surface area contributed by atoms with Crippen molar-refractivity contribution in [3.63, 3.8) is 0 Å². The molecular formula is C10H23NO. The number of ether oxygens (including phenoxy) is 1. The maximum atomic E-state index is 5.03. The molecule has 0 heterocycles. The fourth-order valence-electron chi connectivity index (χ4n) is 1.22. The lowest BCUT2D eigenvalue weighted by Crippen LogP contribution is -2.14. The van der Waals surface area contributed by atoms with Crippen molar-refractivity contribution < 1.29 is 4.74 Å². The van der Waals surface area contributed by atoms with E-state index in [4.69, 9.17) is 4.74 Å². The van der Waals surface area contributed by atoms with Gasteiger partial charge in [0.05, 0.1) is 0 Å². The summed E-state index contributed by atoms with van der Waals surface area (Å²) >= 11 is 0. The molecule has 0 N–H and O–H groups in total. The molecule has 0 bridgehead atoms. The summed E-state index contributed by atoms with van der Waals surface area (Å²) in [5.41, 5.74) is 0. The molecule has 2 heteroatoms. The molecule has 2 nitrogen and oxygen atoms in total. The topological polar surface area (TPSA) is 12.5 Å². The summed E-state index contributed by atoms with van der Waals surface area (Å²) in [6, 6.07) is 0. The zero-order valence-electron chi connectivity index (χ0n) is 8.97. The minimum Gasteiger partial charge on any atom is -0.385 e. The lowest BCUT2D eigenvalue weighted by molar-refractivity contribution is 0.177. The number of hydrogen-bond acceptors (Lipinski definition) is 2. The van der Waals surface area contributed by atoms with Crippen molar-refractivity contribution in [2.75, 3.05) is 34.4 Å². The maximum absolute atomic E-state index is 5.03. The molecule has 0 spiro atoms. The van der Waals surface area contributed by atoms with E-state index in [1.54, 1.807) is 7.11 Å². The van der Waals surface area contributed by atoms with Crippen molar-refractivity contribution in [1.29, 1.82) is 0 Å². The molecule has 0 aromatic carbocycles. The van der Waals surface area contributed by atoms with Gasteiger partial charge in [0.25, 0.3) is 0 Å². The van der Waals surface area contributed by atoms with E-state index >= 15 is 0 Å². The first-order valence-electron chi connectivity index (χ1n) is 4.80. The normalized spacial score (nSPS) is 13.8. The van der Waals surface area contributed by atoms with Crippen molar-refractivity contribution >= 4 is 0 Å². The van der Waals surface area contributed by atoms with Gasteiger partial charge in [-0.05, 0) is 45.8 Å². The van der Waals surface area contributed by atoms with E-state index in [0.29, 0.717) is 0 Å². The second-order valence-corrected chi connectivity index (χ2v) is 3.83. The molecule has 1 atom stereocenters. The summed E-state index contributed by atoms with van der Waals surface area (Å²) in [5, 5.41) is 0. The van der Waals surface area contributed by atoms with E-state index < -0.39 is 0 Å². The highest BCUT2D eigenvalue weighted by Gasteiger charge is 2.01. The van der Waals surface area contributed by atoms with Gasteiger partial charge < -0.3 is 9.64 Å². The highest BCUT2D eigenvalue weighted by atomic mass is 16.5. The fraction of sp³-hybridized carbons (Fsp3) is 1.00. The lowest BCUT2D eigenvalue weighted by Gasteiger charge is -2.13. The maximum Gasteiger partial charge on any atom is 0.0464 e. The number of methoxy groups -OCH3 is 1. The van der Waals surface area contributed by atoms with Crippen LogP contribution in [-0.4, -0.2) is 39.3 Å². The Balaban J connectivity index is 3.13.